The second-order valence-electron chi connectivity index (χ2n) is 14.0. The highest BCUT2D eigenvalue weighted by molar-refractivity contribution is 5.87. The molecule has 0 radical (unpaired) electrons. The summed E-state index contributed by atoms with van der Waals surface area (Å²) in [6.07, 6.45) is 0. The number of benzene rings is 7. The fourth-order valence-electron chi connectivity index (χ4n) is 7.52. The smallest absolute Gasteiger partial charge is 0.187 e. The Morgan fingerprint density at radius 2 is 0.774 bits per heavy atom. The topological polar surface area (TPSA) is 43.0 Å². The molecule has 0 saturated heterocycles. The fraction of sp³-hybridized carbons (Fsp3) is 0.0612. The number of nitrogens with zero attached hydrogens (tertiary/aromatic N) is 4. The third-order valence-corrected chi connectivity index (χ3v) is 10.4. The molecule has 0 bridgehead atoms. The number of hydrogen-bond acceptors (Lipinski definition) is 3. The average molecular weight is 679 g/mol. The Kier molecular flexibility index (Phi) is 7.83. The van der Waals surface area contributed by atoms with Gasteiger partial charge < -0.3 is 0 Å². The molecule has 1 aromatic heterocycles. The quantitative estimate of drug-likeness (QED) is 0.164. The SMILES string of the molecule is [C-]#[N+]c1ccc2c(c1)-c1cc(-c3cccc(-c4cccc(-c5nc(-c6ccccc6)nc(-c6ccc(-c7ccccc7)cc6)n5)c4)c3)ccc1C2(C)C. The van der Waals surface area contributed by atoms with Gasteiger partial charge in [-0.3, -0.25) is 0 Å². The molecule has 4 heteroatoms. The zero-order valence-corrected chi connectivity index (χ0v) is 29.5. The van der Waals surface area contributed by atoms with Crippen molar-refractivity contribution in [3.05, 3.63) is 192 Å². The molecule has 9 rings (SSSR count). The Labute approximate surface area is 310 Å². The van der Waals surface area contributed by atoms with Crippen LogP contribution in [-0.2, 0) is 5.41 Å². The van der Waals surface area contributed by atoms with E-state index in [4.69, 9.17) is 21.5 Å². The van der Waals surface area contributed by atoms with Gasteiger partial charge in [0.15, 0.2) is 23.2 Å². The minimum absolute atomic E-state index is 0.118. The van der Waals surface area contributed by atoms with Crippen LogP contribution in [0.5, 0.6) is 0 Å². The predicted molar refractivity (Wildman–Crippen MR) is 216 cm³/mol. The van der Waals surface area contributed by atoms with Crippen molar-refractivity contribution in [2.24, 2.45) is 0 Å². The van der Waals surface area contributed by atoms with Crippen molar-refractivity contribution < 1.29 is 0 Å². The molecule has 7 aromatic carbocycles. The Hall–Kier alpha value is -6.96. The molecule has 1 heterocycles. The van der Waals surface area contributed by atoms with Gasteiger partial charge in [-0.2, -0.15) is 0 Å². The van der Waals surface area contributed by atoms with Crippen molar-refractivity contribution in [3.63, 3.8) is 0 Å². The van der Waals surface area contributed by atoms with Gasteiger partial charge in [0.25, 0.3) is 0 Å². The van der Waals surface area contributed by atoms with E-state index >= 15 is 0 Å². The molecule has 8 aromatic rings. The standard InChI is InChI=1S/C49H34N4/c1-49(2)44-26-24-39(30-42(44)43-31-41(50-3)25-27-45(43)49)37-17-10-16-36(28-37)38-18-11-19-40(29-38)48-52-46(34-14-8-5-9-15-34)51-47(53-48)35-22-20-33(21-23-35)32-12-6-4-7-13-32/h4-31H,1-2H3. The van der Waals surface area contributed by atoms with Crippen LogP contribution in [0.2, 0.25) is 0 Å². The van der Waals surface area contributed by atoms with Gasteiger partial charge in [-0.1, -0.05) is 159 Å². The second kappa shape index (κ2) is 13.0. The molecule has 250 valence electrons. The third kappa shape index (κ3) is 5.89. The molecule has 0 unspecified atom stereocenters. The second-order valence-corrected chi connectivity index (χ2v) is 14.0. The van der Waals surface area contributed by atoms with E-state index < -0.39 is 0 Å². The molecule has 0 aliphatic heterocycles. The fourth-order valence-corrected chi connectivity index (χ4v) is 7.52. The molecule has 1 aliphatic rings. The van der Waals surface area contributed by atoms with Crippen LogP contribution in [0.4, 0.5) is 5.69 Å². The summed E-state index contributed by atoms with van der Waals surface area (Å²) in [4.78, 5) is 18.7. The van der Waals surface area contributed by atoms with Crippen LogP contribution in [-0.4, -0.2) is 15.0 Å². The lowest BCUT2D eigenvalue weighted by Gasteiger charge is -2.21. The number of aromatic nitrogens is 3. The van der Waals surface area contributed by atoms with E-state index in [1.807, 2.05) is 48.5 Å². The Morgan fingerprint density at radius 3 is 1.38 bits per heavy atom. The minimum Gasteiger partial charge on any atom is -0.238 e. The highest BCUT2D eigenvalue weighted by atomic mass is 15.0. The van der Waals surface area contributed by atoms with Crippen LogP contribution >= 0.6 is 0 Å². The number of fused-ring (bicyclic) bond motifs is 3. The number of rotatable bonds is 6. The lowest BCUT2D eigenvalue weighted by molar-refractivity contribution is 0.660. The van der Waals surface area contributed by atoms with Gasteiger partial charge in [0.2, 0.25) is 0 Å². The van der Waals surface area contributed by atoms with Crippen molar-refractivity contribution in [2.75, 3.05) is 0 Å². The van der Waals surface area contributed by atoms with Crippen LogP contribution in [0.15, 0.2) is 170 Å². The van der Waals surface area contributed by atoms with Crippen molar-refractivity contribution in [1.82, 2.24) is 15.0 Å². The monoisotopic (exact) mass is 678 g/mol. The Bertz CT molecular complexity index is 2690. The van der Waals surface area contributed by atoms with E-state index in [-0.39, 0.29) is 5.41 Å². The maximum Gasteiger partial charge on any atom is 0.187 e. The first-order valence-electron chi connectivity index (χ1n) is 17.8. The van der Waals surface area contributed by atoms with E-state index in [0.29, 0.717) is 23.2 Å². The summed E-state index contributed by atoms with van der Waals surface area (Å²) >= 11 is 0. The minimum atomic E-state index is -0.118. The summed E-state index contributed by atoms with van der Waals surface area (Å²) in [5.74, 6) is 1.89. The van der Waals surface area contributed by atoms with Gasteiger partial charge in [-0.15, -0.1) is 0 Å². The van der Waals surface area contributed by atoms with Gasteiger partial charge in [0.05, 0.1) is 6.57 Å². The van der Waals surface area contributed by atoms with Crippen LogP contribution in [0.3, 0.4) is 0 Å². The highest BCUT2D eigenvalue weighted by Gasteiger charge is 2.35. The summed E-state index contributed by atoms with van der Waals surface area (Å²) in [7, 11) is 0. The molecule has 0 fully saturated rings. The molecular formula is C49H34N4. The van der Waals surface area contributed by atoms with E-state index in [9.17, 15) is 0 Å². The van der Waals surface area contributed by atoms with Crippen LogP contribution in [0.25, 0.3) is 83.5 Å². The molecule has 53 heavy (non-hydrogen) atoms. The maximum absolute atomic E-state index is 7.59. The summed E-state index contributed by atoms with van der Waals surface area (Å²) in [5.41, 5.74) is 15.0. The highest BCUT2D eigenvalue weighted by Crippen LogP contribution is 2.50. The van der Waals surface area contributed by atoms with Gasteiger partial charge in [0.1, 0.15) is 0 Å². The summed E-state index contributed by atoms with van der Waals surface area (Å²) in [5, 5.41) is 0. The summed E-state index contributed by atoms with van der Waals surface area (Å²) in [6.45, 7) is 12.1. The van der Waals surface area contributed by atoms with Crippen molar-refractivity contribution in [1.29, 1.82) is 0 Å². The predicted octanol–water partition coefficient (Wildman–Crippen LogP) is 12.7. The van der Waals surface area contributed by atoms with Gasteiger partial charge in [-0.25, -0.2) is 19.8 Å². The lowest BCUT2D eigenvalue weighted by Crippen LogP contribution is -2.14. The number of hydrogen-bond donors (Lipinski definition) is 0. The van der Waals surface area contributed by atoms with E-state index in [2.05, 4.69) is 140 Å². The first-order valence-corrected chi connectivity index (χ1v) is 17.8. The summed E-state index contributed by atoms with van der Waals surface area (Å²) < 4.78 is 0. The first-order chi connectivity index (χ1) is 25.9. The molecular weight excluding hydrogens is 645 g/mol. The summed E-state index contributed by atoms with van der Waals surface area (Å²) in [6, 6.07) is 58.8. The van der Waals surface area contributed by atoms with E-state index in [0.717, 1.165) is 50.1 Å². The lowest BCUT2D eigenvalue weighted by atomic mass is 9.82. The van der Waals surface area contributed by atoms with Crippen molar-refractivity contribution in [3.8, 4) is 78.7 Å². The molecule has 0 amide bonds. The van der Waals surface area contributed by atoms with Gasteiger partial charge >= 0.3 is 0 Å². The molecule has 1 aliphatic carbocycles. The van der Waals surface area contributed by atoms with E-state index in [1.165, 1.54) is 22.3 Å². The maximum atomic E-state index is 7.59. The van der Waals surface area contributed by atoms with Crippen molar-refractivity contribution >= 4 is 5.69 Å². The third-order valence-electron chi connectivity index (χ3n) is 10.4. The van der Waals surface area contributed by atoms with Gasteiger partial charge in [-0.05, 0) is 79.9 Å². The van der Waals surface area contributed by atoms with Crippen LogP contribution in [0.1, 0.15) is 25.0 Å². The van der Waals surface area contributed by atoms with Gasteiger partial charge in [0, 0.05) is 22.1 Å². The zero-order chi connectivity index (χ0) is 35.9. The first kappa shape index (κ1) is 32.0. The van der Waals surface area contributed by atoms with E-state index in [1.54, 1.807) is 0 Å². The molecule has 4 nitrogen and oxygen atoms in total. The Morgan fingerprint density at radius 1 is 0.377 bits per heavy atom. The van der Waals surface area contributed by atoms with Crippen LogP contribution in [0, 0.1) is 6.57 Å². The normalized spacial score (nSPS) is 12.5. The molecule has 0 spiro atoms. The van der Waals surface area contributed by atoms with Crippen LogP contribution < -0.4 is 0 Å². The average Bonchev–Trinajstić information content (AvgIpc) is 3.46. The Balaban J connectivity index is 1.09. The largest absolute Gasteiger partial charge is 0.238 e. The molecule has 0 atom stereocenters. The molecule has 0 N–H and O–H groups in total. The van der Waals surface area contributed by atoms with Crippen molar-refractivity contribution in [2.45, 2.75) is 19.3 Å². The molecule has 0 saturated carbocycles. The zero-order valence-electron chi connectivity index (χ0n) is 29.5.